The molecule has 2 aromatic rings. The molecule has 0 radical (unpaired) electrons. The van der Waals surface area contributed by atoms with Crippen molar-refractivity contribution in [3.05, 3.63) is 46.5 Å². The topological polar surface area (TPSA) is 42.0 Å². The van der Waals surface area contributed by atoms with Crippen LogP contribution in [0.15, 0.2) is 29.6 Å². The normalized spacial score (nSPS) is 10.3. The maximum Gasteiger partial charge on any atom is 0.226 e. The monoisotopic (exact) mass is 260 g/mol. The van der Waals surface area contributed by atoms with E-state index in [9.17, 15) is 4.79 Å². The maximum absolute atomic E-state index is 11.8. The number of anilines is 1. The Balaban J connectivity index is 1.87. The molecule has 18 heavy (non-hydrogen) atoms. The number of aryl methyl sites for hydroxylation is 3. The highest BCUT2D eigenvalue weighted by Gasteiger charge is 2.06. The van der Waals surface area contributed by atoms with E-state index in [1.54, 1.807) is 0 Å². The predicted octanol–water partition coefficient (Wildman–Crippen LogP) is 3.33. The van der Waals surface area contributed by atoms with E-state index in [0.717, 1.165) is 12.1 Å². The summed E-state index contributed by atoms with van der Waals surface area (Å²) in [5, 5.41) is 5.43. The van der Waals surface area contributed by atoms with Gasteiger partial charge < -0.3 is 5.32 Å². The minimum Gasteiger partial charge on any atom is -0.302 e. The van der Waals surface area contributed by atoms with Crippen LogP contribution < -0.4 is 5.32 Å². The maximum atomic E-state index is 11.8. The van der Waals surface area contributed by atoms with Gasteiger partial charge in [0.1, 0.15) is 0 Å². The molecule has 0 unspecified atom stereocenters. The number of benzene rings is 1. The van der Waals surface area contributed by atoms with Gasteiger partial charge >= 0.3 is 0 Å². The molecule has 94 valence electrons. The second-order valence-electron chi connectivity index (χ2n) is 4.27. The molecule has 0 aliphatic carbocycles. The quantitative estimate of drug-likeness (QED) is 0.916. The minimum absolute atomic E-state index is 0.0209. The summed E-state index contributed by atoms with van der Waals surface area (Å²) in [7, 11) is 0. The van der Waals surface area contributed by atoms with Crippen LogP contribution in [0.4, 0.5) is 5.13 Å². The zero-order valence-corrected chi connectivity index (χ0v) is 11.4. The lowest BCUT2D eigenvalue weighted by Gasteiger charge is -2.05. The van der Waals surface area contributed by atoms with Crippen LogP contribution in [0.5, 0.6) is 0 Å². The zero-order valence-electron chi connectivity index (χ0n) is 10.6. The Labute approximate surface area is 111 Å². The van der Waals surface area contributed by atoms with Crippen LogP contribution in [0.1, 0.15) is 23.2 Å². The summed E-state index contributed by atoms with van der Waals surface area (Å²) < 4.78 is 0. The molecule has 0 atom stereocenters. The van der Waals surface area contributed by atoms with Gasteiger partial charge in [-0.15, -0.1) is 11.3 Å². The molecule has 0 aliphatic heterocycles. The Kier molecular flexibility index (Phi) is 4.10. The molecule has 0 bridgehead atoms. The molecule has 0 saturated heterocycles. The van der Waals surface area contributed by atoms with Crippen molar-refractivity contribution in [2.24, 2.45) is 0 Å². The number of hydrogen-bond donors (Lipinski definition) is 1. The van der Waals surface area contributed by atoms with Gasteiger partial charge in [-0.3, -0.25) is 4.79 Å². The third-order valence-electron chi connectivity index (χ3n) is 2.75. The van der Waals surface area contributed by atoms with E-state index in [2.05, 4.69) is 29.4 Å². The van der Waals surface area contributed by atoms with Crippen LogP contribution >= 0.6 is 11.3 Å². The molecule has 1 amide bonds. The first kappa shape index (κ1) is 12.8. The lowest BCUT2D eigenvalue weighted by Crippen LogP contribution is -2.12. The highest BCUT2D eigenvalue weighted by molar-refractivity contribution is 7.13. The van der Waals surface area contributed by atoms with Crippen LogP contribution in [0.25, 0.3) is 0 Å². The van der Waals surface area contributed by atoms with Gasteiger partial charge in [0.05, 0.1) is 5.69 Å². The number of thiazole rings is 1. The highest BCUT2D eigenvalue weighted by atomic mass is 32.1. The molecule has 1 aromatic heterocycles. The van der Waals surface area contributed by atoms with Crippen molar-refractivity contribution in [3.63, 3.8) is 0 Å². The molecule has 2 rings (SSSR count). The first-order valence-corrected chi connectivity index (χ1v) is 6.79. The molecular weight excluding hydrogens is 244 g/mol. The van der Waals surface area contributed by atoms with E-state index in [0.29, 0.717) is 11.6 Å². The first-order valence-electron chi connectivity index (χ1n) is 5.91. The van der Waals surface area contributed by atoms with Gasteiger partial charge in [0.25, 0.3) is 0 Å². The molecule has 0 aliphatic rings. The number of carbonyl (C=O) groups excluding carboxylic acids is 1. The van der Waals surface area contributed by atoms with E-state index in [1.165, 1.54) is 22.5 Å². The lowest BCUT2D eigenvalue weighted by molar-refractivity contribution is -0.116. The minimum atomic E-state index is 0.0209. The van der Waals surface area contributed by atoms with Crippen LogP contribution in [-0.2, 0) is 11.2 Å². The fourth-order valence-corrected chi connectivity index (χ4v) is 2.44. The largest absolute Gasteiger partial charge is 0.302 e. The Bertz CT molecular complexity index is 548. The molecular formula is C14H16N2OS. The van der Waals surface area contributed by atoms with E-state index in [4.69, 9.17) is 0 Å². The average molecular weight is 260 g/mol. The van der Waals surface area contributed by atoms with Crippen LogP contribution in [0.2, 0.25) is 0 Å². The van der Waals surface area contributed by atoms with Crippen molar-refractivity contribution >= 4 is 22.4 Å². The first-order chi connectivity index (χ1) is 8.65. The molecule has 0 saturated carbocycles. The number of amides is 1. The van der Waals surface area contributed by atoms with Crippen LogP contribution in [0, 0.1) is 13.8 Å². The van der Waals surface area contributed by atoms with Crippen molar-refractivity contribution in [2.45, 2.75) is 26.7 Å². The van der Waals surface area contributed by atoms with Crippen molar-refractivity contribution in [1.82, 2.24) is 4.98 Å². The summed E-state index contributed by atoms with van der Waals surface area (Å²) >= 11 is 1.46. The Morgan fingerprint density at radius 1 is 1.33 bits per heavy atom. The van der Waals surface area contributed by atoms with Crippen molar-refractivity contribution in [3.8, 4) is 0 Å². The van der Waals surface area contributed by atoms with Crippen molar-refractivity contribution in [1.29, 1.82) is 0 Å². The number of hydrogen-bond acceptors (Lipinski definition) is 3. The van der Waals surface area contributed by atoms with Gasteiger partial charge in [-0.05, 0) is 31.4 Å². The third-order valence-corrected chi connectivity index (χ3v) is 3.62. The van der Waals surface area contributed by atoms with Gasteiger partial charge in [0.2, 0.25) is 5.91 Å². The van der Waals surface area contributed by atoms with Gasteiger partial charge in [-0.1, -0.05) is 24.3 Å². The second-order valence-corrected chi connectivity index (χ2v) is 5.13. The van der Waals surface area contributed by atoms with Crippen molar-refractivity contribution in [2.75, 3.05) is 5.32 Å². The summed E-state index contributed by atoms with van der Waals surface area (Å²) in [6.07, 6.45) is 1.26. The molecule has 0 fully saturated rings. The Morgan fingerprint density at radius 2 is 2.11 bits per heavy atom. The molecule has 1 heterocycles. The molecule has 3 nitrogen and oxygen atoms in total. The lowest BCUT2D eigenvalue weighted by atomic mass is 10.0. The number of aromatic nitrogens is 1. The zero-order chi connectivity index (χ0) is 13.0. The van der Waals surface area contributed by atoms with Crippen molar-refractivity contribution < 1.29 is 4.79 Å². The smallest absolute Gasteiger partial charge is 0.226 e. The molecule has 1 N–H and O–H groups in total. The number of nitrogens with one attached hydrogen (secondary N) is 1. The Morgan fingerprint density at radius 3 is 2.78 bits per heavy atom. The average Bonchev–Trinajstić information content (AvgIpc) is 2.74. The summed E-state index contributed by atoms with van der Waals surface area (Å²) in [5.74, 6) is 0.0209. The van der Waals surface area contributed by atoms with Gasteiger partial charge in [0, 0.05) is 11.8 Å². The van der Waals surface area contributed by atoms with Crippen LogP contribution in [-0.4, -0.2) is 10.9 Å². The van der Waals surface area contributed by atoms with E-state index in [1.807, 2.05) is 24.4 Å². The second kappa shape index (κ2) is 5.78. The fourth-order valence-electron chi connectivity index (χ4n) is 1.73. The summed E-state index contributed by atoms with van der Waals surface area (Å²) in [6.45, 7) is 3.98. The van der Waals surface area contributed by atoms with E-state index in [-0.39, 0.29) is 5.91 Å². The molecule has 1 aromatic carbocycles. The molecule has 4 heteroatoms. The Hall–Kier alpha value is -1.68. The SMILES string of the molecule is Cc1csc(NC(=O)CCc2ccccc2C)n1. The highest BCUT2D eigenvalue weighted by Crippen LogP contribution is 2.15. The van der Waals surface area contributed by atoms with Gasteiger partial charge in [0.15, 0.2) is 5.13 Å². The number of carbonyl (C=O) groups is 1. The van der Waals surface area contributed by atoms with Gasteiger partial charge in [-0.2, -0.15) is 0 Å². The van der Waals surface area contributed by atoms with Crippen LogP contribution in [0.3, 0.4) is 0 Å². The molecule has 0 spiro atoms. The number of nitrogens with zero attached hydrogens (tertiary/aromatic N) is 1. The predicted molar refractivity (Wildman–Crippen MR) is 75.0 cm³/mol. The fraction of sp³-hybridized carbons (Fsp3) is 0.286. The summed E-state index contributed by atoms with van der Waals surface area (Å²) in [5.41, 5.74) is 3.40. The van der Waals surface area contributed by atoms with E-state index >= 15 is 0 Å². The van der Waals surface area contributed by atoms with E-state index < -0.39 is 0 Å². The number of rotatable bonds is 4. The standard InChI is InChI=1S/C14H16N2OS/c1-10-5-3-4-6-12(10)7-8-13(17)16-14-15-11(2)9-18-14/h3-6,9H,7-8H2,1-2H3,(H,15,16,17). The third kappa shape index (κ3) is 3.40. The van der Waals surface area contributed by atoms with Gasteiger partial charge in [-0.25, -0.2) is 4.98 Å². The summed E-state index contributed by atoms with van der Waals surface area (Å²) in [4.78, 5) is 16.0. The summed E-state index contributed by atoms with van der Waals surface area (Å²) in [6, 6.07) is 8.15.